The van der Waals surface area contributed by atoms with Gasteiger partial charge >= 0.3 is 5.97 Å². The van der Waals surface area contributed by atoms with Crippen molar-refractivity contribution in [3.63, 3.8) is 0 Å². The number of amides is 1. The van der Waals surface area contributed by atoms with Crippen LogP contribution in [0.1, 0.15) is 239 Å². The molecule has 0 bridgehead atoms. The van der Waals surface area contributed by atoms with Crippen LogP contribution in [0.15, 0.2) is 85.1 Å². The predicted octanol–water partition coefficient (Wildman–Crippen LogP) is 16.0. The standard InChI is InChI=1S/C57H99NO5/c1-4-7-10-13-16-19-22-24-26-27-28-29-30-32-35-38-41-44-47-50-57(62)63-53(48-45-42-39-36-33-21-18-15-12-9-6-3)51-56(61)58-54(52-59)55(60)49-46-43-40-37-34-31-25-23-20-17-14-11-8-5-2/h9,12,15-16,18-19,21,24,26,28-29,33,36,39,53-55,59-60H,4-8,10-11,13-14,17,20,22-23,25,27,30-32,34-35,37-38,40-52H2,1-3H3,(H,58,61)/b12-9+,18-15+,19-16-,26-24-,29-28-,33-21-,39-36-. The van der Waals surface area contributed by atoms with Crippen molar-refractivity contribution in [2.75, 3.05) is 6.61 Å². The molecule has 6 nitrogen and oxygen atoms in total. The zero-order valence-corrected chi connectivity index (χ0v) is 41.2. The first-order chi connectivity index (χ1) is 31.0. The van der Waals surface area contributed by atoms with Crippen molar-refractivity contribution in [2.24, 2.45) is 0 Å². The molecule has 0 aromatic heterocycles. The zero-order chi connectivity index (χ0) is 45.9. The molecule has 0 radical (unpaired) electrons. The van der Waals surface area contributed by atoms with Crippen LogP contribution in [-0.4, -0.2) is 46.9 Å². The summed E-state index contributed by atoms with van der Waals surface area (Å²) in [7, 11) is 0. The molecule has 3 N–H and O–H groups in total. The normalized spacial score (nSPS) is 13.9. The fourth-order valence-electron chi connectivity index (χ4n) is 7.57. The summed E-state index contributed by atoms with van der Waals surface area (Å²) in [6.07, 6.45) is 65.1. The minimum Gasteiger partial charge on any atom is -0.462 e. The summed E-state index contributed by atoms with van der Waals surface area (Å²) >= 11 is 0. The van der Waals surface area contributed by atoms with Crippen LogP contribution in [0.4, 0.5) is 0 Å². The van der Waals surface area contributed by atoms with Gasteiger partial charge < -0.3 is 20.3 Å². The smallest absolute Gasteiger partial charge is 0.306 e. The third-order valence-electron chi connectivity index (χ3n) is 11.6. The van der Waals surface area contributed by atoms with Crippen LogP contribution in [0.5, 0.6) is 0 Å². The Balaban J connectivity index is 4.59. The molecule has 0 heterocycles. The number of unbranched alkanes of at least 4 members (excludes halogenated alkanes) is 23. The van der Waals surface area contributed by atoms with E-state index >= 15 is 0 Å². The van der Waals surface area contributed by atoms with Gasteiger partial charge in [-0.2, -0.15) is 0 Å². The Bertz CT molecular complexity index is 1210. The van der Waals surface area contributed by atoms with Crippen molar-refractivity contribution in [1.82, 2.24) is 5.32 Å². The Morgan fingerprint density at radius 3 is 1.49 bits per heavy atom. The Morgan fingerprint density at radius 1 is 0.492 bits per heavy atom. The molecule has 6 heteroatoms. The summed E-state index contributed by atoms with van der Waals surface area (Å²) in [6.45, 7) is 6.29. The second-order valence-electron chi connectivity index (χ2n) is 17.6. The number of hydrogen-bond acceptors (Lipinski definition) is 5. The summed E-state index contributed by atoms with van der Waals surface area (Å²) in [6, 6.07) is -0.729. The molecule has 0 aromatic rings. The first-order valence-electron chi connectivity index (χ1n) is 26.4. The second-order valence-corrected chi connectivity index (χ2v) is 17.6. The van der Waals surface area contributed by atoms with E-state index in [1.807, 2.05) is 36.5 Å². The second kappa shape index (κ2) is 50.0. The first-order valence-corrected chi connectivity index (χ1v) is 26.4. The summed E-state index contributed by atoms with van der Waals surface area (Å²) in [4.78, 5) is 26.1. The van der Waals surface area contributed by atoms with Crippen molar-refractivity contribution in [2.45, 2.75) is 257 Å². The monoisotopic (exact) mass is 878 g/mol. The number of aliphatic hydroxyl groups excluding tert-OH is 2. The molecule has 362 valence electrons. The highest BCUT2D eigenvalue weighted by atomic mass is 16.5. The van der Waals surface area contributed by atoms with Crippen LogP contribution in [0, 0.1) is 0 Å². The van der Waals surface area contributed by atoms with Gasteiger partial charge in [-0.05, 0) is 77.0 Å². The molecule has 0 saturated heterocycles. The molecule has 0 spiro atoms. The van der Waals surface area contributed by atoms with Gasteiger partial charge in [0.2, 0.25) is 5.91 Å². The van der Waals surface area contributed by atoms with E-state index in [2.05, 4.69) is 74.7 Å². The van der Waals surface area contributed by atoms with E-state index in [1.165, 1.54) is 116 Å². The van der Waals surface area contributed by atoms with E-state index in [0.29, 0.717) is 19.3 Å². The van der Waals surface area contributed by atoms with Gasteiger partial charge in [-0.25, -0.2) is 0 Å². The van der Waals surface area contributed by atoms with Crippen molar-refractivity contribution in [3.8, 4) is 0 Å². The predicted molar refractivity (Wildman–Crippen MR) is 273 cm³/mol. The number of aliphatic hydroxyl groups is 2. The Labute approximate surface area is 389 Å². The van der Waals surface area contributed by atoms with Gasteiger partial charge in [0, 0.05) is 6.42 Å². The Hall–Kier alpha value is -2.96. The van der Waals surface area contributed by atoms with Gasteiger partial charge in [0.25, 0.3) is 0 Å². The van der Waals surface area contributed by atoms with E-state index < -0.39 is 18.2 Å². The van der Waals surface area contributed by atoms with Crippen molar-refractivity contribution in [1.29, 1.82) is 0 Å². The third kappa shape index (κ3) is 45.4. The average molecular weight is 878 g/mol. The van der Waals surface area contributed by atoms with Crippen molar-refractivity contribution in [3.05, 3.63) is 85.1 Å². The lowest BCUT2D eigenvalue weighted by Gasteiger charge is -2.24. The van der Waals surface area contributed by atoms with E-state index in [0.717, 1.165) is 77.0 Å². The molecular formula is C57H99NO5. The number of rotatable bonds is 46. The maximum absolute atomic E-state index is 13.2. The highest BCUT2D eigenvalue weighted by Gasteiger charge is 2.24. The van der Waals surface area contributed by atoms with Gasteiger partial charge in [0.15, 0.2) is 0 Å². The van der Waals surface area contributed by atoms with Gasteiger partial charge in [0.1, 0.15) is 6.10 Å². The van der Waals surface area contributed by atoms with Crippen LogP contribution in [0.25, 0.3) is 0 Å². The molecule has 0 rings (SSSR count). The first kappa shape index (κ1) is 60.0. The molecule has 3 unspecified atom stereocenters. The van der Waals surface area contributed by atoms with E-state index in [4.69, 9.17) is 4.74 Å². The van der Waals surface area contributed by atoms with E-state index in [-0.39, 0.29) is 24.9 Å². The zero-order valence-electron chi connectivity index (χ0n) is 41.2. The van der Waals surface area contributed by atoms with Crippen molar-refractivity contribution < 1.29 is 24.5 Å². The fourth-order valence-corrected chi connectivity index (χ4v) is 7.57. The van der Waals surface area contributed by atoms with Crippen molar-refractivity contribution >= 4 is 11.9 Å². The number of ether oxygens (including phenoxy) is 1. The van der Waals surface area contributed by atoms with Crippen LogP contribution in [0.3, 0.4) is 0 Å². The van der Waals surface area contributed by atoms with Crippen LogP contribution in [0.2, 0.25) is 0 Å². The Kier molecular flexibility index (Phi) is 47.7. The summed E-state index contributed by atoms with van der Waals surface area (Å²) in [5.74, 6) is -0.560. The number of hydrogen-bond donors (Lipinski definition) is 3. The van der Waals surface area contributed by atoms with Crippen LogP contribution >= 0.6 is 0 Å². The molecule has 0 aliphatic rings. The molecule has 63 heavy (non-hydrogen) atoms. The summed E-state index contributed by atoms with van der Waals surface area (Å²) in [5.41, 5.74) is 0. The minimum atomic E-state index is -0.811. The number of esters is 1. The van der Waals surface area contributed by atoms with Crippen LogP contribution in [-0.2, 0) is 14.3 Å². The molecule has 1 amide bonds. The highest BCUT2D eigenvalue weighted by molar-refractivity contribution is 5.77. The SMILES string of the molecule is CC/C=C/C=C/C=C\C=C/CCCC(CC(=O)NC(CO)C(O)CCCCCCCCCCCCCCCC)OC(=O)CCCCCCCC/C=C\C/C=C\C/C=C\CCCCC. The third-order valence-corrected chi connectivity index (χ3v) is 11.6. The molecule has 0 saturated carbocycles. The number of carbonyl (C=O) groups is 2. The molecule has 3 atom stereocenters. The highest BCUT2D eigenvalue weighted by Crippen LogP contribution is 2.17. The topological polar surface area (TPSA) is 95.9 Å². The summed E-state index contributed by atoms with van der Waals surface area (Å²) < 4.78 is 5.89. The lowest BCUT2D eigenvalue weighted by molar-refractivity contribution is -0.151. The molecule has 0 aliphatic heterocycles. The maximum Gasteiger partial charge on any atom is 0.306 e. The maximum atomic E-state index is 13.2. The molecule has 0 aliphatic carbocycles. The lowest BCUT2D eigenvalue weighted by Crippen LogP contribution is -2.46. The molecular weight excluding hydrogens is 779 g/mol. The average Bonchev–Trinajstić information content (AvgIpc) is 3.28. The largest absolute Gasteiger partial charge is 0.462 e. The van der Waals surface area contributed by atoms with Gasteiger partial charge in [-0.3, -0.25) is 9.59 Å². The van der Waals surface area contributed by atoms with Gasteiger partial charge in [0.05, 0.1) is 25.2 Å². The molecule has 0 aromatic carbocycles. The van der Waals surface area contributed by atoms with Gasteiger partial charge in [-0.1, -0.05) is 234 Å². The Morgan fingerprint density at radius 2 is 0.937 bits per heavy atom. The van der Waals surface area contributed by atoms with Gasteiger partial charge in [-0.15, -0.1) is 0 Å². The van der Waals surface area contributed by atoms with E-state index in [9.17, 15) is 19.8 Å². The van der Waals surface area contributed by atoms with E-state index in [1.54, 1.807) is 0 Å². The fraction of sp³-hybridized carbons (Fsp3) is 0.719. The number of allylic oxidation sites excluding steroid dienone is 14. The van der Waals surface area contributed by atoms with Crippen LogP contribution < -0.4 is 5.32 Å². The molecule has 0 fully saturated rings. The summed E-state index contributed by atoms with van der Waals surface area (Å²) in [5, 5.41) is 23.7. The minimum absolute atomic E-state index is 0.0226. The number of carbonyl (C=O) groups excluding carboxylic acids is 2. The number of nitrogens with one attached hydrogen (secondary N) is 1. The lowest BCUT2D eigenvalue weighted by atomic mass is 10.0. The quantitative estimate of drug-likeness (QED) is 0.0245.